The van der Waals surface area contributed by atoms with Crippen LogP contribution in [0.1, 0.15) is 33.7 Å². The molecule has 0 aromatic carbocycles. The zero-order valence-electron chi connectivity index (χ0n) is 11.6. The number of nitrogens with one attached hydrogen (secondary N) is 1. The largest absolute Gasteiger partial charge is 0.379 e. The average molecular weight is 253 g/mol. The minimum atomic E-state index is -0.0867. The van der Waals surface area contributed by atoms with E-state index >= 15 is 0 Å². The minimum Gasteiger partial charge on any atom is -0.379 e. The molecule has 102 valence electrons. The van der Waals surface area contributed by atoms with Gasteiger partial charge in [-0.1, -0.05) is 13.8 Å². The van der Waals surface area contributed by atoms with E-state index in [1.807, 2.05) is 13.8 Å². The fourth-order valence-electron chi connectivity index (χ4n) is 1.51. The topological polar surface area (TPSA) is 56.1 Å². The SMILES string of the molecule is CC(C)COCCNc1nccn(C(C)C)c1=O. The van der Waals surface area contributed by atoms with Crippen LogP contribution in [0.5, 0.6) is 0 Å². The lowest BCUT2D eigenvalue weighted by Crippen LogP contribution is -2.26. The Morgan fingerprint density at radius 3 is 2.72 bits per heavy atom. The standard InChI is InChI=1S/C13H23N3O2/c1-10(2)9-18-8-6-15-12-13(17)16(11(3)4)7-5-14-12/h5,7,10-11H,6,8-9H2,1-4H3,(H,14,15). The molecule has 0 atom stereocenters. The third-order valence-electron chi connectivity index (χ3n) is 2.41. The lowest BCUT2D eigenvalue weighted by Gasteiger charge is -2.12. The molecule has 0 saturated heterocycles. The summed E-state index contributed by atoms with van der Waals surface area (Å²) in [4.78, 5) is 16.0. The number of rotatable bonds is 7. The van der Waals surface area contributed by atoms with E-state index in [0.717, 1.165) is 6.61 Å². The number of ether oxygens (including phenoxy) is 1. The molecule has 1 N–H and O–H groups in total. The maximum absolute atomic E-state index is 12.0. The van der Waals surface area contributed by atoms with Crippen molar-refractivity contribution in [1.82, 2.24) is 9.55 Å². The van der Waals surface area contributed by atoms with Crippen molar-refractivity contribution >= 4 is 5.82 Å². The molecule has 1 aromatic rings. The van der Waals surface area contributed by atoms with Crippen molar-refractivity contribution in [1.29, 1.82) is 0 Å². The van der Waals surface area contributed by atoms with Crippen molar-refractivity contribution in [2.24, 2.45) is 5.92 Å². The highest BCUT2D eigenvalue weighted by Gasteiger charge is 2.06. The fraction of sp³-hybridized carbons (Fsp3) is 0.692. The van der Waals surface area contributed by atoms with E-state index in [1.54, 1.807) is 17.0 Å². The van der Waals surface area contributed by atoms with Gasteiger partial charge in [0.15, 0.2) is 5.82 Å². The number of anilines is 1. The second-order valence-electron chi connectivity index (χ2n) is 4.98. The molecule has 0 bridgehead atoms. The van der Waals surface area contributed by atoms with Gasteiger partial charge in [0.25, 0.3) is 5.56 Å². The molecule has 0 aliphatic carbocycles. The lowest BCUT2D eigenvalue weighted by atomic mass is 10.2. The van der Waals surface area contributed by atoms with E-state index in [4.69, 9.17) is 4.74 Å². The first kappa shape index (κ1) is 14.7. The molecule has 0 saturated carbocycles. The highest BCUT2D eigenvalue weighted by molar-refractivity contribution is 5.30. The Balaban J connectivity index is 2.48. The van der Waals surface area contributed by atoms with Gasteiger partial charge in [0, 0.05) is 31.6 Å². The number of nitrogens with zero attached hydrogens (tertiary/aromatic N) is 2. The predicted molar refractivity (Wildman–Crippen MR) is 73.0 cm³/mol. The predicted octanol–water partition coefficient (Wildman–Crippen LogP) is 1.91. The monoisotopic (exact) mass is 253 g/mol. The van der Waals surface area contributed by atoms with Gasteiger partial charge >= 0.3 is 0 Å². The first-order chi connectivity index (χ1) is 8.52. The van der Waals surface area contributed by atoms with Gasteiger partial charge in [-0.05, 0) is 19.8 Å². The Morgan fingerprint density at radius 2 is 2.11 bits per heavy atom. The van der Waals surface area contributed by atoms with Crippen LogP contribution in [-0.2, 0) is 4.74 Å². The quantitative estimate of drug-likeness (QED) is 0.754. The highest BCUT2D eigenvalue weighted by Crippen LogP contribution is 2.01. The van der Waals surface area contributed by atoms with Crippen LogP contribution < -0.4 is 10.9 Å². The van der Waals surface area contributed by atoms with Crippen molar-refractivity contribution in [2.45, 2.75) is 33.7 Å². The molecule has 1 aromatic heterocycles. The summed E-state index contributed by atoms with van der Waals surface area (Å²) in [6.45, 7) is 10.1. The molecule has 0 fully saturated rings. The zero-order valence-corrected chi connectivity index (χ0v) is 11.6. The normalized spacial score (nSPS) is 11.2. The third kappa shape index (κ3) is 4.49. The number of hydrogen-bond donors (Lipinski definition) is 1. The molecule has 18 heavy (non-hydrogen) atoms. The average Bonchev–Trinajstić information content (AvgIpc) is 2.30. The smallest absolute Gasteiger partial charge is 0.293 e. The Kier molecular flexibility index (Phi) is 5.85. The molecule has 0 amide bonds. The third-order valence-corrected chi connectivity index (χ3v) is 2.41. The van der Waals surface area contributed by atoms with Crippen molar-refractivity contribution in [3.05, 3.63) is 22.7 Å². The van der Waals surface area contributed by atoms with Crippen molar-refractivity contribution in [3.8, 4) is 0 Å². The zero-order chi connectivity index (χ0) is 13.5. The highest BCUT2D eigenvalue weighted by atomic mass is 16.5. The summed E-state index contributed by atoms with van der Waals surface area (Å²) in [6.07, 6.45) is 3.34. The molecule has 0 radical (unpaired) electrons. The molecule has 0 aliphatic heterocycles. The maximum Gasteiger partial charge on any atom is 0.293 e. The number of hydrogen-bond acceptors (Lipinski definition) is 4. The summed E-state index contributed by atoms with van der Waals surface area (Å²) < 4.78 is 7.09. The fourth-order valence-corrected chi connectivity index (χ4v) is 1.51. The van der Waals surface area contributed by atoms with Crippen LogP contribution in [0.4, 0.5) is 5.82 Å². The molecule has 0 aliphatic rings. The Morgan fingerprint density at radius 1 is 1.39 bits per heavy atom. The molecular formula is C13H23N3O2. The van der Waals surface area contributed by atoms with Crippen molar-refractivity contribution in [3.63, 3.8) is 0 Å². The Hall–Kier alpha value is -1.36. The van der Waals surface area contributed by atoms with E-state index in [0.29, 0.717) is 24.9 Å². The lowest BCUT2D eigenvalue weighted by molar-refractivity contribution is 0.118. The molecule has 1 heterocycles. The summed E-state index contributed by atoms with van der Waals surface area (Å²) in [7, 11) is 0. The van der Waals surface area contributed by atoms with E-state index in [1.165, 1.54) is 0 Å². The van der Waals surface area contributed by atoms with Gasteiger partial charge in [-0.2, -0.15) is 0 Å². The second kappa shape index (κ2) is 7.16. The summed E-state index contributed by atoms with van der Waals surface area (Å²) in [5, 5.41) is 3.01. The second-order valence-corrected chi connectivity index (χ2v) is 4.98. The van der Waals surface area contributed by atoms with Gasteiger partial charge in [-0.25, -0.2) is 4.98 Å². The van der Waals surface area contributed by atoms with E-state index in [2.05, 4.69) is 24.1 Å². The summed E-state index contributed by atoms with van der Waals surface area (Å²) in [6, 6.07) is 0.137. The van der Waals surface area contributed by atoms with Crippen LogP contribution in [0.3, 0.4) is 0 Å². The van der Waals surface area contributed by atoms with Crippen LogP contribution in [0.2, 0.25) is 0 Å². The van der Waals surface area contributed by atoms with Gasteiger partial charge in [-0.15, -0.1) is 0 Å². The van der Waals surface area contributed by atoms with Gasteiger partial charge in [0.1, 0.15) is 0 Å². The van der Waals surface area contributed by atoms with E-state index in [9.17, 15) is 4.79 Å². The molecule has 0 unspecified atom stereocenters. The van der Waals surface area contributed by atoms with E-state index < -0.39 is 0 Å². The maximum atomic E-state index is 12.0. The molecule has 5 nitrogen and oxygen atoms in total. The van der Waals surface area contributed by atoms with Crippen molar-refractivity contribution in [2.75, 3.05) is 25.1 Å². The van der Waals surface area contributed by atoms with Crippen LogP contribution in [-0.4, -0.2) is 29.3 Å². The molecular weight excluding hydrogens is 230 g/mol. The first-order valence-electron chi connectivity index (χ1n) is 6.41. The van der Waals surface area contributed by atoms with Gasteiger partial charge in [0.05, 0.1) is 6.61 Å². The van der Waals surface area contributed by atoms with Gasteiger partial charge < -0.3 is 14.6 Å². The summed E-state index contributed by atoms with van der Waals surface area (Å²) in [5.41, 5.74) is -0.0867. The Bertz CT molecular complexity index is 413. The Labute approximate surface area is 108 Å². The molecule has 0 spiro atoms. The first-order valence-corrected chi connectivity index (χ1v) is 6.41. The van der Waals surface area contributed by atoms with Gasteiger partial charge in [0.2, 0.25) is 0 Å². The molecule has 1 rings (SSSR count). The number of aromatic nitrogens is 2. The van der Waals surface area contributed by atoms with Crippen LogP contribution in [0.25, 0.3) is 0 Å². The van der Waals surface area contributed by atoms with Crippen LogP contribution in [0.15, 0.2) is 17.2 Å². The summed E-state index contributed by atoms with van der Waals surface area (Å²) in [5.74, 6) is 0.914. The minimum absolute atomic E-state index is 0.0867. The molecule has 5 heteroatoms. The van der Waals surface area contributed by atoms with E-state index in [-0.39, 0.29) is 11.6 Å². The van der Waals surface area contributed by atoms with Crippen LogP contribution in [0, 0.1) is 5.92 Å². The van der Waals surface area contributed by atoms with Crippen molar-refractivity contribution < 1.29 is 4.74 Å². The van der Waals surface area contributed by atoms with Crippen LogP contribution >= 0.6 is 0 Å². The summed E-state index contributed by atoms with van der Waals surface area (Å²) >= 11 is 0. The van der Waals surface area contributed by atoms with Gasteiger partial charge in [-0.3, -0.25) is 4.79 Å².